The molecule has 0 heterocycles. The molecule has 7 heteroatoms. The minimum absolute atomic E-state index is 0. The van der Waals surface area contributed by atoms with Crippen LogP contribution in [-0.2, 0) is 0 Å². The summed E-state index contributed by atoms with van der Waals surface area (Å²) in [6.45, 7) is 7.94. The molecule has 2 N–H and O–H groups in total. The molecule has 0 atom stereocenters. The van der Waals surface area contributed by atoms with E-state index in [1.165, 1.54) is 0 Å². The highest BCUT2D eigenvalue weighted by Crippen LogP contribution is 2.33. The lowest BCUT2D eigenvalue weighted by Crippen LogP contribution is -2.30. The van der Waals surface area contributed by atoms with Crippen LogP contribution in [0.25, 0.3) is 0 Å². The molecule has 2 aromatic rings. The van der Waals surface area contributed by atoms with E-state index >= 15 is 0 Å². The molecule has 1 amide bonds. The van der Waals surface area contributed by atoms with E-state index in [1.807, 2.05) is 18.2 Å². The van der Waals surface area contributed by atoms with Crippen LogP contribution in [0.2, 0.25) is 10.0 Å². The second-order valence-electron chi connectivity index (χ2n) is 5.90. The van der Waals surface area contributed by atoms with E-state index in [0.29, 0.717) is 33.5 Å². The van der Waals surface area contributed by atoms with E-state index in [0.717, 1.165) is 26.1 Å². The topological polar surface area (TPSA) is 44.4 Å². The van der Waals surface area contributed by atoms with Crippen LogP contribution in [0.3, 0.4) is 0 Å². The molecular formula is C20H26Cl3N3O. The van der Waals surface area contributed by atoms with Crippen LogP contribution in [0, 0.1) is 0 Å². The Labute approximate surface area is 177 Å². The van der Waals surface area contributed by atoms with Crippen LogP contribution in [0.15, 0.2) is 42.5 Å². The van der Waals surface area contributed by atoms with Crippen LogP contribution in [0.4, 0.5) is 11.4 Å². The molecule has 0 aliphatic carbocycles. The van der Waals surface area contributed by atoms with Crippen molar-refractivity contribution in [3.05, 3.63) is 58.1 Å². The van der Waals surface area contributed by atoms with Gasteiger partial charge in [-0.05, 0) is 50.3 Å². The zero-order chi connectivity index (χ0) is 18.9. The molecule has 0 saturated heterocycles. The van der Waals surface area contributed by atoms with Gasteiger partial charge in [0.1, 0.15) is 0 Å². The maximum atomic E-state index is 12.6. The number of halogens is 3. The number of nitrogens with zero attached hydrogens (tertiary/aromatic N) is 1. The number of rotatable bonds is 9. The fourth-order valence-corrected chi connectivity index (χ4v) is 3.17. The molecule has 0 aliphatic rings. The maximum absolute atomic E-state index is 12.6. The van der Waals surface area contributed by atoms with Gasteiger partial charge in [0.05, 0.1) is 27.0 Å². The van der Waals surface area contributed by atoms with Gasteiger partial charge in [0.25, 0.3) is 5.91 Å². The van der Waals surface area contributed by atoms with E-state index in [9.17, 15) is 4.79 Å². The summed E-state index contributed by atoms with van der Waals surface area (Å²) in [5, 5.41) is 7.18. The highest BCUT2D eigenvalue weighted by Gasteiger charge is 2.13. The zero-order valence-electron chi connectivity index (χ0n) is 15.6. The third kappa shape index (κ3) is 6.89. The number of carbonyl (C=O) groups is 1. The van der Waals surface area contributed by atoms with Crippen LogP contribution in [0.1, 0.15) is 30.6 Å². The monoisotopic (exact) mass is 429 g/mol. The average Bonchev–Trinajstić information content (AvgIpc) is 2.65. The van der Waals surface area contributed by atoms with Gasteiger partial charge < -0.3 is 15.5 Å². The smallest absolute Gasteiger partial charge is 0.253 e. The van der Waals surface area contributed by atoms with Crippen LogP contribution in [-0.4, -0.2) is 37.0 Å². The fraction of sp³-hybridized carbons (Fsp3) is 0.350. The molecule has 2 aromatic carbocycles. The standard InChI is InChI=1S/C20H25Cl2N3O.ClH/c1-3-25(4-2)14-8-13-23-20(26)15-9-5-6-12-18(15)24-19-16(21)10-7-11-17(19)22;/h5-7,9-12,24H,3-4,8,13-14H2,1-2H3,(H,23,26);1H. The van der Waals surface area contributed by atoms with Crippen LogP contribution < -0.4 is 10.6 Å². The maximum Gasteiger partial charge on any atom is 0.253 e. The van der Waals surface area contributed by atoms with E-state index < -0.39 is 0 Å². The molecule has 148 valence electrons. The average molecular weight is 431 g/mol. The highest BCUT2D eigenvalue weighted by atomic mass is 35.5. The predicted octanol–water partition coefficient (Wildman–Crippen LogP) is 5.62. The van der Waals surface area contributed by atoms with E-state index in [1.54, 1.807) is 24.3 Å². The summed E-state index contributed by atoms with van der Waals surface area (Å²) in [6, 6.07) is 12.6. The molecule has 27 heavy (non-hydrogen) atoms. The lowest BCUT2D eigenvalue weighted by molar-refractivity contribution is 0.0952. The van der Waals surface area contributed by atoms with Crippen molar-refractivity contribution < 1.29 is 4.79 Å². The molecule has 0 saturated carbocycles. The van der Waals surface area contributed by atoms with Gasteiger partial charge in [-0.15, -0.1) is 12.4 Å². The molecule has 0 aliphatic heterocycles. The molecule has 0 radical (unpaired) electrons. The van der Waals surface area contributed by atoms with Crippen molar-refractivity contribution in [3.63, 3.8) is 0 Å². The number of hydrogen-bond donors (Lipinski definition) is 2. The van der Waals surface area contributed by atoms with Crippen LogP contribution >= 0.6 is 35.6 Å². The second kappa shape index (κ2) is 12.1. The number of carbonyl (C=O) groups excluding carboxylic acids is 1. The number of para-hydroxylation sites is 2. The first-order chi connectivity index (χ1) is 12.6. The fourth-order valence-electron chi connectivity index (χ4n) is 2.68. The van der Waals surface area contributed by atoms with Gasteiger partial charge >= 0.3 is 0 Å². The highest BCUT2D eigenvalue weighted by molar-refractivity contribution is 6.39. The zero-order valence-corrected chi connectivity index (χ0v) is 17.9. The summed E-state index contributed by atoms with van der Waals surface area (Å²) < 4.78 is 0. The molecule has 0 unspecified atom stereocenters. The van der Waals surface area contributed by atoms with Gasteiger partial charge in [0.15, 0.2) is 0 Å². The first-order valence-electron chi connectivity index (χ1n) is 8.87. The lowest BCUT2D eigenvalue weighted by Gasteiger charge is -2.18. The van der Waals surface area contributed by atoms with Gasteiger partial charge in [0.2, 0.25) is 0 Å². The molecule has 0 aromatic heterocycles. The molecular weight excluding hydrogens is 405 g/mol. The number of amides is 1. The summed E-state index contributed by atoms with van der Waals surface area (Å²) in [7, 11) is 0. The Kier molecular flexibility index (Phi) is 10.6. The third-order valence-electron chi connectivity index (χ3n) is 4.23. The van der Waals surface area contributed by atoms with Gasteiger partial charge in [-0.2, -0.15) is 0 Å². The van der Waals surface area contributed by atoms with Crippen molar-refractivity contribution in [1.82, 2.24) is 10.2 Å². The molecule has 4 nitrogen and oxygen atoms in total. The Bertz CT molecular complexity index is 716. The van der Waals surface area contributed by atoms with Crippen molar-refractivity contribution >= 4 is 52.9 Å². The summed E-state index contributed by atoms with van der Waals surface area (Å²) in [4.78, 5) is 14.9. The van der Waals surface area contributed by atoms with Gasteiger partial charge in [0, 0.05) is 6.54 Å². The van der Waals surface area contributed by atoms with E-state index in [-0.39, 0.29) is 18.3 Å². The summed E-state index contributed by atoms with van der Waals surface area (Å²) in [5.41, 5.74) is 1.83. The molecule has 0 spiro atoms. The molecule has 2 rings (SSSR count). The molecule has 0 bridgehead atoms. The van der Waals surface area contributed by atoms with Gasteiger partial charge in [-0.25, -0.2) is 0 Å². The SMILES string of the molecule is CCN(CC)CCCNC(=O)c1ccccc1Nc1c(Cl)cccc1Cl.Cl. The number of benzene rings is 2. The Hall–Kier alpha value is -1.46. The largest absolute Gasteiger partial charge is 0.352 e. The predicted molar refractivity (Wildman–Crippen MR) is 118 cm³/mol. The van der Waals surface area contributed by atoms with E-state index in [2.05, 4.69) is 29.4 Å². The van der Waals surface area contributed by atoms with Crippen LogP contribution in [0.5, 0.6) is 0 Å². The van der Waals surface area contributed by atoms with Crippen molar-refractivity contribution in [2.75, 3.05) is 31.5 Å². The Morgan fingerprint density at radius 3 is 2.26 bits per heavy atom. The normalized spacial score (nSPS) is 10.4. The first-order valence-corrected chi connectivity index (χ1v) is 9.63. The summed E-state index contributed by atoms with van der Waals surface area (Å²) in [6.07, 6.45) is 0.916. The van der Waals surface area contributed by atoms with Gasteiger partial charge in [-0.3, -0.25) is 4.79 Å². The molecule has 0 fully saturated rings. The Morgan fingerprint density at radius 1 is 1.00 bits per heavy atom. The Morgan fingerprint density at radius 2 is 1.63 bits per heavy atom. The lowest BCUT2D eigenvalue weighted by atomic mass is 10.1. The third-order valence-corrected chi connectivity index (χ3v) is 4.86. The Balaban J connectivity index is 0.00000364. The van der Waals surface area contributed by atoms with Crippen molar-refractivity contribution in [2.24, 2.45) is 0 Å². The summed E-state index contributed by atoms with van der Waals surface area (Å²) in [5.74, 6) is -0.115. The van der Waals surface area contributed by atoms with Crippen molar-refractivity contribution in [3.8, 4) is 0 Å². The summed E-state index contributed by atoms with van der Waals surface area (Å²) >= 11 is 12.4. The van der Waals surface area contributed by atoms with E-state index in [4.69, 9.17) is 23.2 Å². The van der Waals surface area contributed by atoms with Crippen molar-refractivity contribution in [2.45, 2.75) is 20.3 Å². The number of hydrogen-bond acceptors (Lipinski definition) is 3. The second-order valence-corrected chi connectivity index (χ2v) is 6.72. The van der Waals surface area contributed by atoms with Gasteiger partial charge in [-0.1, -0.05) is 55.2 Å². The van der Waals surface area contributed by atoms with Crippen molar-refractivity contribution in [1.29, 1.82) is 0 Å². The quantitative estimate of drug-likeness (QED) is 0.507. The number of anilines is 2. The minimum Gasteiger partial charge on any atom is -0.352 e. The first kappa shape index (κ1) is 23.6. The number of nitrogens with one attached hydrogen (secondary N) is 2. The minimum atomic E-state index is -0.115.